The van der Waals surface area contributed by atoms with Gasteiger partial charge in [-0.3, -0.25) is 4.79 Å². The minimum Gasteiger partial charge on any atom is -0.383 e. The van der Waals surface area contributed by atoms with Crippen LogP contribution in [-0.4, -0.2) is 17.6 Å². The van der Waals surface area contributed by atoms with Crippen molar-refractivity contribution in [3.05, 3.63) is 57.8 Å². The summed E-state index contributed by atoms with van der Waals surface area (Å²) in [4.78, 5) is 11.9. The van der Waals surface area contributed by atoms with Gasteiger partial charge in [0.15, 0.2) is 0 Å². The number of aryl methyl sites for hydroxylation is 1. The molecule has 0 saturated carbocycles. The lowest BCUT2D eigenvalue weighted by Crippen LogP contribution is -2.39. The van der Waals surface area contributed by atoms with E-state index in [9.17, 15) is 9.90 Å². The van der Waals surface area contributed by atoms with Crippen LogP contribution in [0.15, 0.2) is 41.1 Å². The molecule has 1 aromatic heterocycles. The lowest BCUT2D eigenvalue weighted by atomic mass is 9.96. The lowest BCUT2D eigenvalue weighted by molar-refractivity contribution is 0.0370. The normalized spacial score (nSPS) is 21.1. The van der Waals surface area contributed by atoms with Gasteiger partial charge >= 0.3 is 0 Å². The number of rotatable bonds is 3. The van der Waals surface area contributed by atoms with Crippen LogP contribution >= 0.6 is 11.3 Å². The molecule has 2 aromatic rings. The highest BCUT2D eigenvalue weighted by atomic mass is 32.1. The van der Waals surface area contributed by atoms with Crippen molar-refractivity contribution in [1.29, 1.82) is 0 Å². The maximum absolute atomic E-state index is 11.9. The first-order chi connectivity index (χ1) is 9.19. The van der Waals surface area contributed by atoms with Crippen LogP contribution < -0.4 is 5.32 Å². The van der Waals surface area contributed by atoms with Crippen LogP contribution in [0.25, 0.3) is 0 Å². The Labute approximate surface area is 115 Å². The molecule has 1 aliphatic rings. The predicted octanol–water partition coefficient (Wildman–Crippen LogP) is 2.31. The average Bonchev–Trinajstić information content (AvgIpc) is 3.06. The summed E-state index contributed by atoms with van der Waals surface area (Å²) in [7, 11) is 0. The minimum absolute atomic E-state index is 0.126. The van der Waals surface area contributed by atoms with Gasteiger partial charge in [0.2, 0.25) is 0 Å². The van der Waals surface area contributed by atoms with Gasteiger partial charge in [-0.15, -0.1) is 0 Å². The van der Waals surface area contributed by atoms with Gasteiger partial charge < -0.3 is 10.4 Å². The summed E-state index contributed by atoms with van der Waals surface area (Å²) in [6.07, 6.45) is 1.53. The summed E-state index contributed by atoms with van der Waals surface area (Å²) >= 11 is 1.49. The Morgan fingerprint density at radius 2 is 2.21 bits per heavy atom. The monoisotopic (exact) mass is 273 g/mol. The molecule has 19 heavy (non-hydrogen) atoms. The molecule has 0 saturated heterocycles. The summed E-state index contributed by atoms with van der Waals surface area (Å²) < 4.78 is 0. The Hall–Kier alpha value is -1.65. The van der Waals surface area contributed by atoms with Crippen LogP contribution in [0.1, 0.15) is 27.9 Å². The maximum Gasteiger partial charge on any atom is 0.252 e. The van der Waals surface area contributed by atoms with E-state index in [4.69, 9.17) is 0 Å². The molecule has 0 unspecified atom stereocenters. The molecular weight excluding hydrogens is 258 g/mol. The molecule has 0 aliphatic heterocycles. The van der Waals surface area contributed by atoms with E-state index in [2.05, 4.69) is 5.32 Å². The second-order valence-corrected chi connectivity index (χ2v) is 5.66. The highest BCUT2D eigenvalue weighted by Crippen LogP contribution is 2.36. The number of hydrogen-bond acceptors (Lipinski definition) is 3. The van der Waals surface area contributed by atoms with Crippen molar-refractivity contribution in [2.24, 2.45) is 0 Å². The van der Waals surface area contributed by atoms with Gasteiger partial charge in [0, 0.05) is 10.9 Å². The molecule has 3 rings (SSSR count). The smallest absolute Gasteiger partial charge is 0.252 e. The summed E-state index contributed by atoms with van der Waals surface area (Å²) in [6, 6.07) is 9.67. The topological polar surface area (TPSA) is 49.3 Å². The molecule has 1 aromatic carbocycles. The Kier molecular flexibility index (Phi) is 3.12. The third-order valence-corrected chi connectivity index (χ3v) is 4.33. The Morgan fingerprint density at radius 1 is 1.37 bits per heavy atom. The molecule has 0 radical (unpaired) electrons. The number of fused-ring (bicyclic) bond motifs is 1. The van der Waals surface area contributed by atoms with Crippen LogP contribution in [-0.2, 0) is 12.0 Å². The van der Waals surface area contributed by atoms with E-state index in [0.717, 1.165) is 12.0 Å². The number of carbonyl (C=O) groups is 1. The van der Waals surface area contributed by atoms with Gasteiger partial charge in [-0.05, 0) is 35.4 Å². The van der Waals surface area contributed by atoms with Crippen molar-refractivity contribution in [1.82, 2.24) is 5.32 Å². The molecule has 3 nitrogen and oxygen atoms in total. The van der Waals surface area contributed by atoms with E-state index in [-0.39, 0.29) is 12.5 Å². The molecule has 1 aliphatic carbocycles. The fourth-order valence-electron chi connectivity index (χ4n) is 2.57. The zero-order valence-electron chi connectivity index (χ0n) is 10.4. The zero-order chi connectivity index (χ0) is 13.3. The second-order valence-electron chi connectivity index (χ2n) is 4.88. The largest absolute Gasteiger partial charge is 0.383 e. The van der Waals surface area contributed by atoms with Gasteiger partial charge in [-0.1, -0.05) is 24.3 Å². The lowest BCUT2D eigenvalue weighted by Gasteiger charge is -2.24. The minimum atomic E-state index is -0.928. The molecule has 98 valence electrons. The van der Waals surface area contributed by atoms with Crippen molar-refractivity contribution in [3.8, 4) is 0 Å². The number of nitrogens with one attached hydrogen (secondary N) is 1. The van der Waals surface area contributed by atoms with Crippen LogP contribution in [0.2, 0.25) is 0 Å². The van der Waals surface area contributed by atoms with E-state index in [1.165, 1.54) is 16.9 Å². The number of amides is 1. The molecule has 4 heteroatoms. The van der Waals surface area contributed by atoms with Crippen molar-refractivity contribution in [2.45, 2.75) is 18.4 Å². The first kappa shape index (κ1) is 12.4. The zero-order valence-corrected chi connectivity index (χ0v) is 11.2. The quantitative estimate of drug-likeness (QED) is 0.901. The predicted molar refractivity (Wildman–Crippen MR) is 75.3 cm³/mol. The molecule has 0 bridgehead atoms. The molecule has 2 N–H and O–H groups in total. The molecule has 1 atom stereocenters. The Balaban J connectivity index is 1.72. The summed E-state index contributed by atoms with van der Waals surface area (Å²) in [6.45, 7) is 0.263. The Morgan fingerprint density at radius 3 is 3.00 bits per heavy atom. The van der Waals surface area contributed by atoms with E-state index in [0.29, 0.717) is 12.0 Å². The molecule has 1 amide bonds. The van der Waals surface area contributed by atoms with Gasteiger partial charge in [0.25, 0.3) is 5.91 Å². The van der Waals surface area contributed by atoms with Crippen molar-refractivity contribution < 1.29 is 9.90 Å². The fourth-order valence-corrected chi connectivity index (χ4v) is 3.21. The van der Waals surface area contributed by atoms with E-state index in [1.807, 2.05) is 35.0 Å². The SMILES string of the molecule is O=C(NC[C@@]1(O)CCc2ccccc21)c1ccsc1. The van der Waals surface area contributed by atoms with Gasteiger partial charge in [0.1, 0.15) is 5.60 Å². The van der Waals surface area contributed by atoms with Crippen LogP contribution in [0.3, 0.4) is 0 Å². The van der Waals surface area contributed by atoms with Gasteiger partial charge in [-0.2, -0.15) is 11.3 Å². The molecule has 1 heterocycles. The van der Waals surface area contributed by atoms with Crippen molar-refractivity contribution in [2.75, 3.05) is 6.54 Å². The number of hydrogen-bond donors (Lipinski definition) is 2. The van der Waals surface area contributed by atoms with Gasteiger partial charge in [-0.25, -0.2) is 0 Å². The molecule has 0 fully saturated rings. The van der Waals surface area contributed by atoms with Crippen molar-refractivity contribution in [3.63, 3.8) is 0 Å². The first-order valence-corrected chi connectivity index (χ1v) is 7.24. The van der Waals surface area contributed by atoms with Crippen LogP contribution in [0.4, 0.5) is 0 Å². The molecule has 0 spiro atoms. The number of thiophene rings is 1. The van der Waals surface area contributed by atoms with E-state index in [1.54, 1.807) is 6.07 Å². The third kappa shape index (κ3) is 2.29. The number of benzene rings is 1. The Bertz CT molecular complexity index is 594. The van der Waals surface area contributed by atoms with Crippen LogP contribution in [0.5, 0.6) is 0 Å². The highest BCUT2D eigenvalue weighted by molar-refractivity contribution is 7.08. The average molecular weight is 273 g/mol. The summed E-state index contributed by atoms with van der Waals surface area (Å²) in [5, 5.41) is 17.2. The van der Waals surface area contributed by atoms with Crippen LogP contribution in [0, 0.1) is 0 Å². The summed E-state index contributed by atoms with van der Waals surface area (Å²) in [5.41, 5.74) is 1.85. The fraction of sp³-hybridized carbons (Fsp3) is 0.267. The van der Waals surface area contributed by atoms with Crippen molar-refractivity contribution >= 4 is 17.2 Å². The third-order valence-electron chi connectivity index (χ3n) is 3.65. The number of aliphatic hydroxyl groups is 1. The second kappa shape index (κ2) is 4.79. The van der Waals surface area contributed by atoms with E-state index >= 15 is 0 Å². The standard InChI is InChI=1S/C15H15NO2S/c17-14(12-6-8-19-9-12)16-10-15(18)7-5-11-3-1-2-4-13(11)15/h1-4,6,8-9,18H,5,7,10H2,(H,16,17)/t15-/m0/s1. The first-order valence-electron chi connectivity index (χ1n) is 6.30. The maximum atomic E-state index is 11.9. The highest BCUT2D eigenvalue weighted by Gasteiger charge is 2.36. The van der Waals surface area contributed by atoms with Gasteiger partial charge in [0.05, 0.1) is 6.54 Å². The summed E-state index contributed by atoms with van der Waals surface area (Å²) in [5.74, 6) is -0.126. The molecular formula is C15H15NO2S. The van der Waals surface area contributed by atoms with E-state index < -0.39 is 5.60 Å². The number of carbonyl (C=O) groups excluding carboxylic acids is 1.